The van der Waals surface area contributed by atoms with Gasteiger partial charge in [-0.3, -0.25) is 0 Å². The summed E-state index contributed by atoms with van der Waals surface area (Å²) in [6.07, 6.45) is 1.63. The first-order chi connectivity index (χ1) is 9.16. The Morgan fingerprint density at radius 3 is 2.68 bits per heavy atom. The van der Waals surface area contributed by atoms with Crippen LogP contribution in [0.15, 0.2) is 45.5 Å². The Hall–Kier alpha value is -2.49. The van der Waals surface area contributed by atoms with Gasteiger partial charge in [-0.15, -0.1) is 0 Å². The van der Waals surface area contributed by atoms with Crippen LogP contribution in [0.2, 0.25) is 0 Å². The molecule has 0 atom stereocenters. The van der Waals surface area contributed by atoms with Gasteiger partial charge in [0.25, 0.3) is 0 Å². The van der Waals surface area contributed by atoms with E-state index in [9.17, 15) is 0 Å². The van der Waals surface area contributed by atoms with Crippen molar-refractivity contribution in [3.63, 3.8) is 0 Å². The summed E-state index contributed by atoms with van der Waals surface area (Å²) in [5.74, 6) is 1.82. The van der Waals surface area contributed by atoms with Crippen molar-refractivity contribution in [3.05, 3.63) is 47.9 Å². The molecule has 19 heavy (non-hydrogen) atoms. The predicted octanol–water partition coefficient (Wildman–Crippen LogP) is 3.80. The molecule has 2 heterocycles. The normalized spacial score (nSPS) is 10.8. The minimum Gasteiger partial charge on any atom is -0.469 e. The maximum atomic E-state index is 5.94. The van der Waals surface area contributed by atoms with Crippen molar-refractivity contribution < 1.29 is 8.94 Å². The molecule has 0 aliphatic heterocycles. The topological polar surface area (TPSA) is 65.2 Å². The highest BCUT2D eigenvalue weighted by Gasteiger charge is 2.20. The van der Waals surface area contributed by atoms with Gasteiger partial charge in [0.15, 0.2) is 11.6 Å². The summed E-state index contributed by atoms with van der Waals surface area (Å²) in [5.41, 5.74) is 9.79. The van der Waals surface area contributed by atoms with Gasteiger partial charge in [0.2, 0.25) is 0 Å². The molecule has 0 aliphatic carbocycles. The first-order valence-electron chi connectivity index (χ1n) is 6.03. The largest absolute Gasteiger partial charge is 0.469 e. The third kappa shape index (κ3) is 1.91. The van der Waals surface area contributed by atoms with Gasteiger partial charge in [0.05, 0.1) is 17.4 Å². The third-order valence-electron chi connectivity index (χ3n) is 3.13. The molecule has 0 saturated heterocycles. The Morgan fingerprint density at radius 1 is 1.16 bits per heavy atom. The fraction of sp³-hybridized carbons (Fsp3) is 0.133. The molecule has 0 amide bonds. The van der Waals surface area contributed by atoms with Crippen molar-refractivity contribution in [1.82, 2.24) is 5.16 Å². The highest BCUT2D eigenvalue weighted by Crippen LogP contribution is 2.38. The zero-order chi connectivity index (χ0) is 13.4. The molecule has 96 valence electrons. The van der Waals surface area contributed by atoms with Crippen LogP contribution in [0.25, 0.3) is 22.5 Å². The number of hydrogen-bond acceptors (Lipinski definition) is 4. The lowest BCUT2D eigenvalue weighted by Gasteiger charge is -2.03. The van der Waals surface area contributed by atoms with Crippen LogP contribution < -0.4 is 5.73 Å². The molecule has 0 spiro atoms. The zero-order valence-electron chi connectivity index (χ0n) is 10.8. The van der Waals surface area contributed by atoms with Crippen molar-refractivity contribution in [3.8, 4) is 22.5 Å². The Labute approximate surface area is 110 Å². The van der Waals surface area contributed by atoms with E-state index in [1.165, 1.54) is 0 Å². The van der Waals surface area contributed by atoms with Crippen LogP contribution in [-0.4, -0.2) is 5.16 Å². The molecular weight excluding hydrogens is 240 g/mol. The fourth-order valence-electron chi connectivity index (χ4n) is 2.19. The number of anilines is 1. The van der Waals surface area contributed by atoms with E-state index < -0.39 is 0 Å². The van der Waals surface area contributed by atoms with Gasteiger partial charge < -0.3 is 14.7 Å². The molecule has 2 N–H and O–H groups in total. The summed E-state index contributed by atoms with van der Waals surface area (Å²) in [6, 6.07) is 9.93. The monoisotopic (exact) mass is 254 g/mol. The number of furan rings is 1. The predicted molar refractivity (Wildman–Crippen MR) is 73.5 cm³/mol. The van der Waals surface area contributed by atoms with E-state index in [0.29, 0.717) is 11.6 Å². The SMILES string of the molecule is Cc1cccc(-c2c(N)noc2-c2ccoc2C)c1. The lowest BCUT2D eigenvalue weighted by atomic mass is 10.0. The highest BCUT2D eigenvalue weighted by molar-refractivity contribution is 5.87. The van der Waals surface area contributed by atoms with Crippen molar-refractivity contribution in [2.45, 2.75) is 13.8 Å². The van der Waals surface area contributed by atoms with Crippen LogP contribution in [0.4, 0.5) is 5.82 Å². The molecule has 0 bridgehead atoms. The van der Waals surface area contributed by atoms with Crippen molar-refractivity contribution in [2.24, 2.45) is 0 Å². The molecule has 3 rings (SSSR count). The molecular formula is C15H14N2O2. The minimum atomic E-state index is 0.390. The second-order valence-electron chi connectivity index (χ2n) is 4.53. The van der Waals surface area contributed by atoms with E-state index in [-0.39, 0.29) is 0 Å². The summed E-state index contributed by atoms with van der Waals surface area (Å²) < 4.78 is 10.7. The Bertz CT molecular complexity index is 725. The third-order valence-corrected chi connectivity index (χ3v) is 3.13. The molecule has 2 aromatic heterocycles. The lowest BCUT2D eigenvalue weighted by molar-refractivity contribution is 0.434. The van der Waals surface area contributed by atoms with E-state index in [2.05, 4.69) is 11.2 Å². The Morgan fingerprint density at radius 2 is 2.00 bits per heavy atom. The van der Waals surface area contributed by atoms with Crippen molar-refractivity contribution >= 4 is 5.82 Å². The van der Waals surface area contributed by atoms with Crippen LogP contribution in [0.3, 0.4) is 0 Å². The van der Waals surface area contributed by atoms with E-state index in [1.807, 2.05) is 38.1 Å². The molecule has 0 fully saturated rings. The molecule has 0 unspecified atom stereocenters. The quantitative estimate of drug-likeness (QED) is 0.755. The summed E-state index contributed by atoms with van der Waals surface area (Å²) in [7, 11) is 0. The molecule has 4 heteroatoms. The highest BCUT2D eigenvalue weighted by atomic mass is 16.5. The second-order valence-corrected chi connectivity index (χ2v) is 4.53. The number of nitrogens with two attached hydrogens (primary N) is 1. The molecule has 0 saturated carbocycles. The number of rotatable bonds is 2. The summed E-state index contributed by atoms with van der Waals surface area (Å²) in [4.78, 5) is 0. The van der Waals surface area contributed by atoms with Gasteiger partial charge in [-0.1, -0.05) is 35.0 Å². The number of hydrogen-bond donors (Lipinski definition) is 1. The zero-order valence-corrected chi connectivity index (χ0v) is 10.8. The minimum absolute atomic E-state index is 0.390. The van der Waals surface area contributed by atoms with Gasteiger partial charge in [0.1, 0.15) is 5.76 Å². The number of nitrogen functional groups attached to an aromatic ring is 1. The Balaban J connectivity index is 2.22. The fourth-order valence-corrected chi connectivity index (χ4v) is 2.19. The van der Waals surface area contributed by atoms with Gasteiger partial charge in [-0.25, -0.2) is 0 Å². The molecule has 3 aromatic rings. The van der Waals surface area contributed by atoms with Crippen LogP contribution >= 0.6 is 0 Å². The van der Waals surface area contributed by atoms with Gasteiger partial charge in [-0.2, -0.15) is 0 Å². The van der Waals surface area contributed by atoms with Crippen LogP contribution in [0, 0.1) is 13.8 Å². The van der Waals surface area contributed by atoms with Crippen LogP contribution in [0.5, 0.6) is 0 Å². The molecule has 4 nitrogen and oxygen atoms in total. The maximum absolute atomic E-state index is 5.94. The average molecular weight is 254 g/mol. The van der Waals surface area contributed by atoms with Crippen molar-refractivity contribution in [1.29, 1.82) is 0 Å². The Kier molecular flexibility index (Phi) is 2.63. The molecule has 0 aliphatic rings. The van der Waals surface area contributed by atoms with E-state index >= 15 is 0 Å². The van der Waals surface area contributed by atoms with Gasteiger partial charge in [0, 0.05) is 0 Å². The summed E-state index contributed by atoms with van der Waals surface area (Å²) in [6.45, 7) is 3.92. The number of aromatic nitrogens is 1. The van der Waals surface area contributed by atoms with E-state index in [1.54, 1.807) is 6.26 Å². The smallest absolute Gasteiger partial charge is 0.180 e. The maximum Gasteiger partial charge on any atom is 0.180 e. The van der Waals surface area contributed by atoms with Gasteiger partial charge in [-0.05, 0) is 25.5 Å². The van der Waals surface area contributed by atoms with Crippen molar-refractivity contribution in [2.75, 3.05) is 5.73 Å². The van der Waals surface area contributed by atoms with E-state index in [4.69, 9.17) is 14.7 Å². The standard InChI is InChI=1S/C15H14N2O2/c1-9-4-3-5-11(8-9)13-14(19-17-15(13)16)12-6-7-18-10(12)2/h3-8H,1-2H3,(H2,16,17). The summed E-state index contributed by atoms with van der Waals surface area (Å²) in [5, 5.41) is 3.88. The number of nitrogens with zero attached hydrogens (tertiary/aromatic N) is 1. The second kappa shape index (κ2) is 4.31. The first kappa shape index (κ1) is 11.6. The first-order valence-corrected chi connectivity index (χ1v) is 6.03. The number of benzene rings is 1. The average Bonchev–Trinajstić information content (AvgIpc) is 2.95. The van der Waals surface area contributed by atoms with E-state index in [0.717, 1.165) is 28.0 Å². The van der Waals surface area contributed by atoms with Crippen LogP contribution in [0.1, 0.15) is 11.3 Å². The van der Waals surface area contributed by atoms with Gasteiger partial charge >= 0.3 is 0 Å². The molecule has 0 radical (unpaired) electrons. The van der Waals surface area contributed by atoms with Crippen LogP contribution in [-0.2, 0) is 0 Å². The summed E-state index contributed by atoms with van der Waals surface area (Å²) >= 11 is 0. The number of aryl methyl sites for hydroxylation is 2. The molecule has 1 aromatic carbocycles. The lowest BCUT2D eigenvalue weighted by Crippen LogP contribution is -1.89.